The average molecular weight is 351 g/mol. The summed E-state index contributed by atoms with van der Waals surface area (Å²) in [5.41, 5.74) is 3.89. The van der Waals surface area contributed by atoms with Crippen molar-refractivity contribution in [2.45, 2.75) is 71.9 Å². The number of hydrogen-bond donors (Lipinski definition) is 1. The highest BCUT2D eigenvalue weighted by Gasteiger charge is 2.26. The molecule has 2 heterocycles. The van der Waals surface area contributed by atoms with Crippen molar-refractivity contribution in [3.8, 4) is 0 Å². The lowest BCUT2D eigenvalue weighted by Crippen LogP contribution is -2.43. The first-order valence-corrected chi connectivity index (χ1v) is 9.78. The van der Waals surface area contributed by atoms with Crippen LogP contribution < -0.4 is 5.32 Å². The maximum Gasteiger partial charge on any atom is 0.407 e. The van der Waals surface area contributed by atoms with Gasteiger partial charge in [-0.25, -0.2) is 4.79 Å². The van der Waals surface area contributed by atoms with Crippen LogP contribution in [0.25, 0.3) is 0 Å². The van der Waals surface area contributed by atoms with Gasteiger partial charge in [0.15, 0.2) is 0 Å². The molecule has 0 saturated carbocycles. The molecule has 1 aromatic rings. The van der Waals surface area contributed by atoms with E-state index in [1.54, 1.807) is 0 Å². The van der Waals surface area contributed by atoms with E-state index < -0.39 is 0 Å². The minimum Gasteiger partial charge on any atom is -0.448 e. The number of nitrogens with one attached hydrogen (secondary N) is 1. The van der Waals surface area contributed by atoms with Gasteiger partial charge in [0.2, 0.25) is 0 Å². The van der Waals surface area contributed by atoms with E-state index in [2.05, 4.69) is 24.1 Å². The monoisotopic (exact) mass is 350 g/mol. The van der Waals surface area contributed by atoms with Gasteiger partial charge in [-0.15, -0.1) is 0 Å². The van der Waals surface area contributed by atoms with Gasteiger partial charge in [-0.05, 0) is 38.6 Å². The number of aryl methyl sites for hydroxylation is 2. The second-order valence-corrected chi connectivity index (χ2v) is 6.85. The van der Waals surface area contributed by atoms with Gasteiger partial charge in [0.1, 0.15) is 6.61 Å². The van der Waals surface area contributed by atoms with E-state index >= 15 is 0 Å². The molecule has 6 heteroatoms. The number of likely N-dealkylation sites (tertiary alicyclic amines) is 1. The lowest BCUT2D eigenvalue weighted by Gasteiger charge is -2.35. The number of carbonyl (C=O) groups is 1. The summed E-state index contributed by atoms with van der Waals surface area (Å²) in [6.07, 6.45) is 6.08. The third kappa shape index (κ3) is 5.21. The van der Waals surface area contributed by atoms with Gasteiger partial charge >= 0.3 is 6.09 Å². The number of aromatic nitrogens is 2. The highest BCUT2D eigenvalue weighted by atomic mass is 16.5. The summed E-state index contributed by atoms with van der Waals surface area (Å²) in [6, 6.07) is 0.302. The third-order valence-corrected chi connectivity index (χ3v) is 5.06. The maximum atomic E-state index is 11.7. The Morgan fingerprint density at radius 2 is 2.08 bits per heavy atom. The normalized spacial score (nSPS) is 18.3. The van der Waals surface area contributed by atoms with Gasteiger partial charge in [0, 0.05) is 37.4 Å². The SMILES string of the molecule is CCCNC(=O)OC[C@H]1CCCCN1Cc1c(CC)nn(C)c1CC. The van der Waals surface area contributed by atoms with Crippen LogP contribution in [-0.2, 0) is 31.2 Å². The number of nitrogens with zero attached hydrogens (tertiary/aromatic N) is 3. The number of rotatable bonds is 8. The largest absolute Gasteiger partial charge is 0.448 e. The first kappa shape index (κ1) is 19.8. The lowest BCUT2D eigenvalue weighted by atomic mass is 10.0. The standard InChI is InChI=1S/C19H34N4O2/c1-5-11-20-19(24)25-14-15-10-8-9-12-23(15)13-16-17(6-2)21-22(4)18(16)7-3/h15H,5-14H2,1-4H3,(H,20,24)/t15-/m1/s1. The van der Waals surface area contributed by atoms with Crippen molar-refractivity contribution >= 4 is 6.09 Å². The molecule has 1 atom stereocenters. The fourth-order valence-electron chi connectivity index (χ4n) is 3.68. The van der Waals surface area contributed by atoms with Gasteiger partial charge in [-0.1, -0.05) is 27.2 Å². The Morgan fingerprint density at radius 1 is 1.28 bits per heavy atom. The molecule has 2 rings (SSSR count). The van der Waals surface area contributed by atoms with Crippen LogP contribution in [0.1, 0.15) is 63.4 Å². The van der Waals surface area contributed by atoms with Crippen molar-refractivity contribution in [2.24, 2.45) is 7.05 Å². The number of amides is 1. The van der Waals surface area contributed by atoms with Crippen molar-refractivity contribution < 1.29 is 9.53 Å². The van der Waals surface area contributed by atoms with Crippen LogP contribution in [0.3, 0.4) is 0 Å². The van der Waals surface area contributed by atoms with E-state index in [1.165, 1.54) is 29.8 Å². The highest BCUT2D eigenvalue weighted by Crippen LogP contribution is 2.24. The van der Waals surface area contributed by atoms with Crippen molar-refractivity contribution in [3.63, 3.8) is 0 Å². The minimum atomic E-state index is -0.294. The van der Waals surface area contributed by atoms with Gasteiger partial charge < -0.3 is 10.1 Å². The molecule has 0 spiro atoms. The Labute approximate surface area is 151 Å². The van der Waals surface area contributed by atoms with E-state index in [0.29, 0.717) is 19.2 Å². The molecule has 1 amide bonds. The summed E-state index contributed by atoms with van der Waals surface area (Å²) in [7, 11) is 2.04. The molecule has 142 valence electrons. The molecule has 0 unspecified atom stereocenters. The highest BCUT2D eigenvalue weighted by molar-refractivity contribution is 5.67. The Hall–Kier alpha value is -1.56. The summed E-state index contributed by atoms with van der Waals surface area (Å²) in [6.45, 7) is 9.50. The first-order chi connectivity index (χ1) is 12.1. The molecule has 0 radical (unpaired) electrons. The molecule has 1 aliphatic rings. The molecule has 1 fully saturated rings. The molecule has 0 bridgehead atoms. The van der Waals surface area contributed by atoms with Crippen molar-refractivity contribution in [2.75, 3.05) is 19.7 Å². The quantitative estimate of drug-likeness (QED) is 0.783. The van der Waals surface area contributed by atoms with Gasteiger partial charge in [-0.3, -0.25) is 9.58 Å². The van der Waals surface area contributed by atoms with Crippen LogP contribution >= 0.6 is 0 Å². The molecule has 25 heavy (non-hydrogen) atoms. The Balaban J connectivity index is 2.02. The zero-order valence-electron chi connectivity index (χ0n) is 16.3. The predicted octanol–water partition coefficient (Wildman–Crippen LogP) is 3.04. The number of hydrogen-bond acceptors (Lipinski definition) is 4. The van der Waals surface area contributed by atoms with Crippen LogP contribution in [0, 0.1) is 0 Å². The molecule has 1 aliphatic heterocycles. The Kier molecular flexibility index (Phi) is 7.75. The third-order valence-electron chi connectivity index (χ3n) is 5.06. The van der Waals surface area contributed by atoms with E-state index in [0.717, 1.165) is 38.8 Å². The number of carbonyl (C=O) groups excluding carboxylic acids is 1. The molecular formula is C19H34N4O2. The van der Waals surface area contributed by atoms with Crippen LogP contribution in [0.4, 0.5) is 4.79 Å². The van der Waals surface area contributed by atoms with Crippen LogP contribution in [0.2, 0.25) is 0 Å². The molecule has 1 N–H and O–H groups in total. The van der Waals surface area contributed by atoms with Crippen molar-refractivity contribution in [1.82, 2.24) is 20.0 Å². The summed E-state index contributed by atoms with van der Waals surface area (Å²) < 4.78 is 7.49. The summed E-state index contributed by atoms with van der Waals surface area (Å²) in [5.74, 6) is 0. The zero-order chi connectivity index (χ0) is 18.2. The smallest absolute Gasteiger partial charge is 0.407 e. The first-order valence-electron chi connectivity index (χ1n) is 9.78. The second kappa shape index (κ2) is 9.80. The predicted molar refractivity (Wildman–Crippen MR) is 99.7 cm³/mol. The van der Waals surface area contributed by atoms with Crippen molar-refractivity contribution in [3.05, 3.63) is 17.0 Å². The van der Waals surface area contributed by atoms with E-state index in [-0.39, 0.29) is 6.09 Å². The zero-order valence-corrected chi connectivity index (χ0v) is 16.3. The summed E-state index contributed by atoms with van der Waals surface area (Å²) in [5, 5.41) is 7.48. The van der Waals surface area contributed by atoms with Crippen LogP contribution in [-0.4, -0.2) is 46.5 Å². The van der Waals surface area contributed by atoms with Crippen LogP contribution in [0.5, 0.6) is 0 Å². The van der Waals surface area contributed by atoms with E-state index in [1.807, 2.05) is 18.7 Å². The van der Waals surface area contributed by atoms with Gasteiger partial charge in [-0.2, -0.15) is 5.10 Å². The number of alkyl carbamates (subject to hydrolysis) is 1. The summed E-state index contributed by atoms with van der Waals surface area (Å²) in [4.78, 5) is 14.2. The number of piperidine rings is 1. The molecule has 1 saturated heterocycles. The van der Waals surface area contributed by atoms with Crippen LogP contribution in [0.15, 0.2) is 0 Å². The Morgan fingerprint density at radius 3 is 2.76 bits per heavy atom. The maximum absolute atomic E-state index is 11.7. The van der Waals surface area contributed by atoms with E-state index in [4.69, 9.17) is 9.84 Å². The second-order valence-electron chi connectivity index (χ2n) is 6.85. The average Bonchev–Trinajstić information content (AvgIpc) is 2.93. The van der Waals surface area contributed by atoms with E-state index in [9.17, 15) is 4.79 Å². The van der Waals surface area contributed by atoms with Gasteiger partial charge in [0.25, 0.3) is 0 Å². The Bertz CT molecular complexity index is 556. The minimum absolute atomic E-state index is 0.294. The number of ether oxygens (including phenoxy) is 1. The molecule has 6 nitrogen and oxygen atoms in total. The molecule has 1 aromatic heterocycles. The van der Waals surface area contributed by atoms with Gasteiger partial charge in [0.05, 0.1) is 5.69 Å². The van der Waals surface area contributed by atoms with Crippen molar-refractivity contribution in [1.29, 1.82) is 0 Å². The fraction of sp³-hybridized carbons (Fsp3) is 0.789. The molecular weight excluding hydrogens is 316 g/mol. The lowest BCUT2D eigenvalue weighted by molar-refractivity contribution is 0.0637. The fourth-order valence-corrected chi connectivity index (χ4v) is 3.68. The molecule has 0 aliphatic carbocycles. The topological polar surface area (TPSA) is 59.4 Å². The summed E-state index contributed by atoms with van der Waals surface area (Å²) >= 11 is 0. The molecule has 0 aromatic carbocycles.